The van der Waals surface area contributed by atoms with Crippen molar-refractivity contribution in [3.05, 3.63) is 29.3 Å². The predicted octanol–water partition coefficient (Wildman–Crippen LogP) is 1.70. The minimum absolute atomic E-state index is 0.242. The number of piperidine rings is 1. The number of nitrogens with two attached hydrogens (primary N) is 1. The Morgan fingerprint density at radius 3 is 2.79 bits per heavy atom. The molecule has 2 aliphatic heterocycles. The molecular formula is C14H18ClN3O. The van der Waals surface area contributed by atoms with E-state index in [9.17, 15) is 4.79 Å². The highest BCUT2D eigenvalue weighted by Crippen LogP contribution is 2.38. The molecule has 3 rings (SSSR count). The summed E-state index contributed by atoms with van der Waals surface area (Å²) in [5.74, 6) is 0.0587. The van der Waals surface area contributed by atoms with Gasteiger partial charge in [0, 0.05) is 29.7 Å². The molecule has 3 N–H and O–H groups in total. The van der Waals surface area contributed by atoms with Crippen LogP contribution in [0.2, 0.25) is 5.02 Å². The Bertz CT molecular complexity index is 490. The third-order valence-corrected chi connectivity index (χ3v) is 4.69. The van der Waals surface area contributed by atoms with E-state index in [2.05, 4.69) is 10.2 Å². The molecule has 1 aromatic rings. The van der Waals surface area contributed by atoms with Crippen LogP contribution in [0.1, 0.15) is 12.8 Å². The number of halogens is 1. The number of carbonyl (C=O) groups excluding carboxylic acids is 1. The van der Waals surface area contributed by atoms with Crippen molar-refractivity contribution in [2.45, 2.75) is 18.4 Å². The Balaban J connectivity index is 1.88. The standard InChI is InChI=1S/C14H18ClN3O/c15-11-1-3-12(4-2-11)17-14(13(16)19)6-8-18-7-5-10(14)9-18/h1-4,10,17H,5-9H2,(H2,16,19). The van der Waals surface area contributed by atoms with Crippen LogP contribution in [0, 0.1) is 5.92 Å². The Hall–Kier alpha value is -1.26. The van der Waals surface area contributed by atoms with E-state index in [1.54, 1.807) is 0 Å². The molecule has 1 aromatic carbocycles. The SMILES string of the molecule is NC(=O)C1(Nc2ccc(Cl)cc2)CCN2CCC1C2. The Morgan fingerprint density at radius 1 is 1.37 bits per heavy atom. The molecule has 2 heterocycles. The third-order valence-electron chi connectivity index (χ3n) is 4.44. The molecule has 4 nitrogen and oxygen atoms in total. The molecule has 0 spiro atoms. The van der Waals surface area contributed by atoms with Crippen molar-refractivity contribution >= 4 is 23.2 Å². The number of primary amides is 1. The number of carbonyl (C=O) groups is 1. The molecule has 0 saturated carbocycles. The second kappa shape index (κ2) is 4.69. The van der Waals surface area contributed by atoms with E-state index in [-0.39, 0.29) is 5.91 Å². The molecule has 0 aliphatic carbocycles. The first-order valence-electron chi connectivity index (χ1n) is 6.66. The van der Waals surface area contributed by atoms with Gasteiger partial charge >= 0.3 is 0 Å². The average Bonchev–Trinajstić information content (AvgIpc) is 2.80. The van der Waals surface area contributed by atoms with Crippen LogP contribution < -0.4 is 11.1 Å². The molecule has 2 aliphatic rings. The van der Waals surface area contributed by atoms with Crippen molar-refractivity contribution < 1.29 is 4.79 Å². The van der Waals surface area contributed by atoms with E-state index in [1.807, 2.05) is 24.3 Å². The van der Waals surface area contributed by atoms with Gasteiger partial charge in [-0.05, 0) is 43.7 Å². The number of amides is 1. The van der Waals surface area contributed by atoms with Gasteiger partial charge in [-0.3, -0.25) is 4.79 Å². The van der Waals surface area contributed by atoms with Gasteiger partial charge in [0.05, 0.1) is 0 Å². The zero-order valence-electron chi connectivity index (χ0n) is 10.7. The van der Waals surface area contributed by atoms with E-state index >= 15 is 0 Å². The van der Waals surface area contributed by atoms with Crippen LogP contribution in [0.25, 0.3) is 0 Å². The van der Waals surface area contributed by atoms with E-state index < -0.39 is 5.54 Å². The molecule has 2 bridgehead atoms. The quantitative estimate of drug-likeness (QED) is 0.885. The molecule has 3 unspecified atom stereocenters. The normalized spacial score (nSPS) is 33.1. The van der Waals surface area contributed by atoms with Crippen LogP contribution in [0.5, 0.6) is 0 Å². The van der Waals surface area contributed by atoms with Crippen molar-refractivity contribution in [1.82, 2.24) is 4.90 Å². The molecule has 2 fully saturated rings. The van der Waals surface area contributed by atoms with Gasteiger partial charge in [0.2, 0.25) is 5.91 Å². The molecule has 3 atom stereocenters. The average molecular weight is 280 g/mol. The second-order valence-electron chi connectivity index (χ2n) is 5.50. The minimum Gasteiger partial charge on any atom is -0.371 e. The summed E-state index contributed by atoms with van der Waals surface area (Å²) in [6, 6.07) is 7.44. The summed E-state index contributed by atoms with van der Waals surface area (Å²) in [5, 5.41) is 4.08. The van der Waals surface area contributed by atoms with Crippen LogP contribution in [0.3, 0.4) is 0 Å². The molecule has 2 saturated heterocycles. The van der Waals surface area contributed by atoms with Crippen LogP contribution >= 0.6 is 11.6 Å². The van der Waals surface area contributed by atoms with Crippen molar-refractivity contribution in [3.63, 3.8) is 0 Å². The number of rotatable bonds is 3. The van der Waals surface area contributed by atoms with Crippen molar-refractivity contribution in [3.8, 4) is 0 Å². The fourth-order valence-corrected chi connectivity index (χ4v) is 3.44. The van der Waals surface area contributed by atoms with Crippen LogP contribution in [0.15, 0.2) is 24.3 Å². The van der Waals surface area contributed by atoms with Crippen molar-refractivity contribution in [1.29, 1.82) is 0 Å². The maximum atomic E-state index is 12.1. The molecule has 19 heavy (non-hydrogen) atoms. The maximum absolute atomic E-state index is 12.1. The lowest BCUT2D eigenvalue weighted by atomic mass is 9.78. The first kappa shape index (κ1) is 12.8. The Morgan fingerprint density at radius 2 is 2.11 bits per heavy atom. The largest absolute Gasteiger partial charge is 0.371 e. The van der Waals surface area contributed by atoms with E-state index in [0.29, 0.717) is 10.9 Å². The highest BCUT2D eigenvalue weighted by Gasteiger charge is 2.50. The third kappa shape index (κ3) is 2.19. The summed E-state index contributed by atoms with van der Waals surface area (Å²) < 4.78 is 0. The van der Waals surface area contributed by atoms with Gasteiger partial charge in [0.1, 0.15) is 5.54 Å². The summed E-state index contributed by atoms with van der Waals surface area (Å²) in [6.45, 7) is 2.96. The number of hydrogen-bond acceptors (Lipinski definition) is 3. The maximum Gasteiger partial charge on any atom is 0.243 e. The predicted molar refractivity (Wildman–Crippen MR) is 76.2 cm³/mol. The number of benzene rings is 1. The van der Waals surface area contributed by atoms with Gasteiger partial charge in [-0.1, -0.05) is 11.6 Å². The van der Waals surface area contributed by atoms with Gasteiger partial charge < -0.3 is 16.0 Å². The lowest BCUT2D eigenvalue weighted by molar-refractivity contribution is -0.125. The molecule has 0 aromatic heterocycles. The summed E-state index contributed by atoms with van der Waals surface area (Å²) >= 11 is 5.89. The molecule has 102 valence electrons. The van der Waals surface area contributed by atoms with Crippen molar-refractivity contribution in [2.24, 2.45) is 11.7 Å². The first-order chi connectivity index (χ1) is 9.10. The van der Waals surface area contributed by atoms with Gasteiger partial charge in [0.15, 0.2) is 0 Å². The topological polar surface area (TPSA) is 58.4 Å². The number of nitrogens with zero attached hydrogens (tertiary/aromatic N) is 1. The number of hydrogen-bond donors (Lipinski definition) is 2. The van der Waals surface area contributed by atoms with Gasteiger partial charge in [-0.15, -0.1) is 0 Å². The van der Waals surface area contributed by atoms with Gasteiger partial charge in [-0.2, -0.15) is 0 Å². The number of anilines is 1. The summed E-state index contributed by atoms with van der Waals surface area (Å²) in [4.78, 5) is 14.4. The fourth-order valence-electron chi connectivity index (χ4n) is 3.32. The summed E-state index contributed by atoms with van der Waals surface area (Å²) in [6.07, 6.45) is 1.80. The monoisotopic (exact) mass is 279 g/mol. The molecular weight excluding hydrogens is 262 g/mol. The fraction of sp³-hybridized carbons (Fsp3) is 0.500. The van der Waals surface area contributed by atoms with E-state index in [1.165, 1.54) is 0 Å². The van der Waals surface area contributed by atoms with Gasteiger partial charge in [-0.25, -0.2) is 0 Å². The Kier molecular flexibility index (Phi) is 3.15. The van der Waals surface area contributed by atoms with Crippen LogP contribution in [-0.4, -0.2) is 36.0 Å². The summed E-state index contributed by atoms with van der Waals surface area (Å²) in [5.41, 5.74) is 6.01. The smallest absolute Gasteiger partial charge is 0.243 e. The van der Waals surface area contributed by atoms with Gasteiger partial charge in [0.25, 0.3) is 0 Å². The van der Waals surface area contributed by atoms with E-state index in [0.717, 1.165) is 38.2 Å². The van der Waals surface area contributed by atoms with Crippen LogP contribution in [0.4, 0.5) is 5.69 Å². The highest BCUT2D eigenvalue weighted by atomic mass is 35.5. The second-order valence-corrected chi connectivity index (χ2v) is 5.94. The van der Waals surface area contributed by atoms with Crippen molar-refractivity contribution in [2.75, 3.05) is 25.0 Å². The van der Waals surface area contributed by atoms with E-state index in [4.69, 9.17) is 17.3 Å². The lowest BCUT2D eigenvalue weighted by Crippen LogP contribution is -2.60. The molecule has 1 amide bonds. The highest BCUT2D eigenvalue weighted by molar-refractivity contribution is 6.30. The lowest BCUT2D eigenvalue weighted by Gasteiger charge is -2.41. The minimum atomic E-state index is -0.610. The zero-order valence-corrected chi connectivity index (χ0v) is 11.5. The number of nitrogens with one attached hydrogen (secondary N) is 1. The van der Waals surface area contributed by atoms with Crippen LogP contribution in [-0.2, 0) is 4.79 Å². The Labute approximate surface area is 117 Å². The first-order valence-corrected chi connectivity index (χ1v) is 7.04. The summed E-state index contributed by atoms with van der Waals surface area (Å²) in [7, 11) is 0. The molecule has 5 heteroatoms. The number of fused-ring (bicyclic) bond motifs is 2. The zero-order chi connectivity index (χ0) is 13.5. The molecule has 0 radical (unpaired) electrons.